The van der Waals surface area contributed by atoms with Crippen LogP contribution in [0.2, 0.25) is 0 Å². The van der Waals surface area contributed by atoms with Gasteiger partial charge in [-0.05, 0) is 25.7 Å². The number of amides is 1. The van der Waals surface area contributed by atoms with Gasteiger partial charge in [-0.1, -0.05) is 0 Å². The number of fused-ring (bicyclic) bond motifs is 2. The van der Waals surface area contributed by atoms with E-state index in [1.165, 1.54) is 0 Å². The first-order valence-corrected chi connectivity index (χ1v) is 4.73. The summed E-state index contributed by atoms with van der Waals surface area (Å²) in [5.41, 5.74) is 5.88. The van der Waals surface area contributed by atoms with Crippen LogP contribution in [-0.2, 0) is 4.79 Å². The number of rotatable bonds is 0. The van der Waals surface area contributed by atoms with Gasteiger partial charge in [0, 0.05) is 25.0 Å². The maximum absolute atomic E-state index is 11.3. The summed E-state index contributed by atoms with van der Waals surface area (Å²) in [5.74, 6) is 0.231. The first-order valence-electron chi connectivity index (χ1n) is 4.73. The van der Waals surface area contributed by atoms with Gasteiger partial charge < -0.3 is 10.6 Å². The summed E-state index contributed by atoms with van der Waals surface area (Å²) < 4.78 is 0. The Hall–Kier alpha value is -0.280. The van der Waals surface area contributed by atoms with Crippen molar-refractivity contribution in [2.45, 2.75) is 50.7 Å². The van der Waals surface area contributed by atoms with Crippen LogP contribution in [0.1, 0.15) is 32.6 Å². The van der Waals surface area contributed by atoms with Crippen molar-refractivity contribution in [1.82, 2.24) is 4.90 Å². The molecule has 2 atom stereocenters. The van der Waals surface area contributed by atoms with Crippen molar-refractivity contribution in [1.29, 1.82) is 0 Å². The van der Waals surface area contributed by atoms with Gasteiger partial charge in [-0.25, -0.2) is 0 Å². The maximum Gasteiger partial charge on any atom is 0.219 e. The highest BCUT2D eigenvalue weighted by Crippen LogP contribution is 2.34. The zero-order chi connectivity index (χ0) is 8.72. The molecule has 13 heavy (non-hydrogen) atoms. The fraction of sp³-hybridized carbons (Fsp3) is 0.889. The Bertz CT molecular complexity index is 196. The summed E-state index contributed by atoms with van der Waals surface area (Å²) in [4.78, 5) is 13.3. The molecular weight excluding hydrogens is 188 g/mol. The highest BCUT2D eigenvalue weighted by Gasteiger charge is 2.40. The van der Waals surface area contributed by atoms with Crippen LogP contribution in [0.5, 0.6) is 0 Å². The van der Waals surface area contributed by atoms with E-state index >= 15 is 0 Å². The molecule has 0 radical (unpaired) electrons. The first kappa shape index (κ1) is 10.8. The number of halogens is 1. The van der Waals surface area contributed by atoms with E-state index in [0.717, 1.165) is 25.7 Å². The number of nitrogens with zero attached hydrogens (tertiary/aromatic N) is 1. The molecule has 0 aromatic carbocycles. The number of carbonyl (C=O) groups is 1. The van der Waals surface area contributed by atoms with Gasteiger partial charge in [0.15, 0.2) is 0 Å². The Morgan fingerprint density at radius 1 is 1.31 bits per heavy atom. The van der Waals surface area contributed by atoms with Crippen LogP contribution in [0.4, 0.5) is 0 Å². The minimum Gasteiger partial charge on any atom is -0.337 e. The minimum absolute atomic E-state index is 0. The Morgan fingerprint density at radius 3 is 2.15 bits per heavy atom. The smallest absolute Gasteiger partial charge is 0.219 e. The van der Waals surface area contributed by atoms with Gasteiger partial charge in [-0.3, -0.25) is 4.79 Å². The lowest BCUT2D eigenvalue weighted by molar-refractivity contribution is -0.133. The van der Waals surface area contributed by atoms with Crippen molar-refractivity contribution in [3.05, 3.63) is 0 Å². The predicted octanol–water partition coefficient (Wildman–Crippen LogP) is 0.909. The highest BCUT2D eigenvalue weighted by molar-refractivity contribution is 5.85. The Balaban J connectivity index is 0.000000845. The third kappa shape index (κ3) is 1.81. The topological polar surface area (TPSA) is 46.3 Å². The van der Waals surface area contributed by atoms with Gasteiger partial charge in [0.25, 0.3) is 0 Å². The van der Waals surface area contributed by atoms with E-state index in [1.54, 1.807) is 6.92 Å². The molecule has 2 bridgehead atoms. The van der Waals surface area contributed by atoms with Crippen molar-refractivity contribution < 1.29 is 4.79 Å². The minimum atomic E-state index is 0. The van der Waals surface area contributed by atoms with Gasteiger partial charge in [0.1, 0.15) is 0 Å². The van der Waals surface area contributed by atoms with Crippen LogP contribution in [0.25, 0.3) is 0 Å². The molecule has 2 unspecified atom stereocenters. The molecule has 76 valence electrons. The van der Waals surface area contributed by atoms with Crippen molar-refractivity contribution in [2.24, 2.45) is 5.73 Å². The number of hydrogen-bond acceptors (Lipinski definition) is 2. The number of nitrogens with two attached hydrogens (primary N) is 1. The van der Waals surface area contributed by atoms with Gasteiger partial charge in [-0.15, -0.1) is 12.4 Å². The molecule has 0 saturated carbocycles. The second-order valence-corrected chi connectivity index (χ2v) is 4.04. The van der Waals surface area contributed by atoms with E-state index < -0.39 is 0 Å². The normalized spacial score (nSPS) is 37.1. The van der Waals surface area contributed by atoms with Crippen LogP contribution in [-0.4, -0.2) is 28.9 Å². The quantitative estimate of drug-likeness (QED) is 0.638. The van der Waals surface area contributed by atoms with Crippen molar-refractivity contribution in [3.8, 4) is 0 Å². The fourth-order valence-corrected chi connectivity index (χ4v) is 2.73. The predicted molar refractivity (Wildman–Crippen MR) is 53.8 cm³/mol. The molecule has 0 spiro atoms. The SMILES string of the molecule is CC(=O)N1C2CCC1CC(N)C2.Cl. The lowest BCUT2D eigenvalue weighted by atomic mass is 9.98. The average Bonchev–Trinajstić information content (AvgIpc) is 2.24. The van der Waals surface area contributed by atoms with E-state index in [4.69, 9.17) is 5.73 Å². The molecule has 4 heteroatoms. The summed E-state index contributed by atoms with van der Waals surface area (Å²) in [6.45, 7) is 1.67. The number of hydrogen-bond donors (Lipinski definition) is 1. The third-order valence-corrected chi connectivity index (χ3v) is 3.13. The molecule has 2 N–H and O–H groups in total. The Labute approximate surface area is 85.1 Å². The van der Waals surface area contributed by atoms with Crippen LogP contribution < -0.4 is 5.73 Å². The first-order chi connectivity index (χ1) is 5.68. The van der Waals surface area contributed by atoms with Crippen LogP contribution >= 0.6 is 12.4 Å². The second kappa shape index (κ2) is 3.84. The lowest BCUT2D eigenvalue weighted by Crippen LogP contribution is -2.49. The molecule has 0 aliphatic carbocycles. The Morgan fingerprint density at radius 2 is 1.77 bits per heavy atom. The molecule has 2 heterocycles. The second-order valence-electron chi connectivity index (χ2n) is 4.04. The summed E-state index contributed by atoms with van der Waals surface area (Å²) in [5, 5.41) is 0. The largest absolute Gasteiger partial charge is 0.337 e. The lowest BCUT2D eigenvalue weighted by Gasteiger charge is -2.37. The van der Waals surface area contributed by atoms with E-state index in [0.29, 0.717) is 18.1 Å². The molecule has 2 rings (SSSR count). The standard InChI is InChI=1S/C9H16N2O.ClH/c1-6(12)11-8-2-3-9(11)5-7(10)4-8;/h7-9H,2-5,10H2,1H3;1H. The molecule has 2 saturated heterocycles. The zero-order valence-electron chi connectivity index (χ0n) is 7.90. The van der Waals surface area contributed by atoms with Crippen molar-refractivity contribution >= 4 is 18.3 Å². The summed E-state index contributed by atoms with van der Waals surface area (Å²) in [6.07, 6.45) is 4.35. The monoisotopic (exact) mass is 204 g/mol. The summed E-state index contributed by atoms with van der Waals surface area (Å²) in [7, 11) is 0. The highest BCUT2D eigenvalue weighted by atomic mass is 35.5. The zero-order valence-corrected chi connectivity index (χ0v) is 8.72. The maximum atomic E-state index is 11.3. The van der Waals surface area contributed by atoms with E-state index in [1.807, 2.05) is 4.90 Å². The summed E-state index contributed by atoms with van der Waals surface area (Å²) in [6, 6.07) is 1.24. The molecule has 0 aromatic rings. The van der Waals surface area contributed by atoms with Crippen LogP contribution in [0.15, 0.2) is 0 Å². The number of piperidine rings is 1. The molecule has 3 nitrogen and oxygen atoms in total. The molecule has 1 amide bonds. The molecule has 0 aromatic heterocycles. The average molecular weight is 205 g/mol. The van der Waals surface area contributed by atoms with Crippen LogP contribution in [0, 0.1) is 0 Å². The van der Waals surface area contributed by atoms with Crippen LogP contribution in [0.3, 0.4) is 0 Å². The third-order valence-electron chi connectivity index (χ3n) is 3.13. The van der Waals surface area contributed by atoms with E-state index in [2.05, 4.69) is 0 Å². The molecule has 2 aliphatic rings. The van der Waals surface area contributed by atoms with Crippen molar-refractivity contribution in [2.75, 3.05) is 0 Å². The summed E-state index contributed by atoms with van der Waals surface area (Å²) >= 11 is 0. The molecule has 2 fully saturated rings. The Kier molecular flexibility index (Phi) is 3.19. The van der Waals surface area contributed by atoms with Crippen molar-refractivity contribution in [3.63, 3.8) is 0 Å². The fourth-order valence-electron chi connectivity index (χ4n) is 2.73. The van der Waals surface area contributed by atoms with Gasteiger partial charge in [0.05, 0.1) is 0 Å². The molecular formula is C9H17ClN2O. The number of carbonyl (C=O) groups excluding carboxylic acids is 1. The van der Waals surface area contributed by atoms with E-state index in [9.17, 15) is 4.79 Å². The van der Waals surface area contributed by atoms with E-state index in [-0.39, 0.29) is 18.3 Å². The molecule has 2 aliphatic heterocycles. The van der Waals surface area contributed by atoms with Gasteiger partial charge >= 0.3 is 0 Å². The van der Waals surface area contributed by atoms with Gasteiger partial charge in [-0.2, -0.15) is 0 Å². The van der Waals surface area contributed by atoms with Gasteiger partial charge in [0.2, 0.25) is 5.91 Å².